The third-order valence-corrected chi connectivity index (χ3v) is 2.67. The maximum absolute atomic E-state index is 8.63. The van der Waals surface area contributed by atoms with Crippen molar-refractivity contribution in [2.24, 2.45) is 0 Å². The Labute approximate surface area is 138 Å². The van der Waals surface area contributed by atoms with Crippen LogP contribution in [0.5, 0.6) is 11.5 Å². The van der Waals surface area contributed by atoms with E-state index in [9.17, 15) is 0 Å². The minimum absolute atomic E-state index is 0.322. The zero-order valence-corrected chi connectivity index (χ0v) is 13.2. The second kappa shape index (κ2) is 11.6. The maximum atomic E-state index is 8.63. The summed E-state index contributed by atoms with van der Waals surface area (Å²) < 4.78 is 0. The number of hydrogen-bond donors (Lipinski definition) is 2. The van der Waals surface area contributed by atoms with Gasteiger partial charge in [-0.25, -0.2) is 0 Å². The summed E-state index contributed by atoms with van der Waals surface area (Å²) in [6.07, 6.45) is 4.12. The molecule has 0 aromatic heterocycles. The van der Waals surface area contributed by atoms with Gasteiger partial charge in [-0.2, -0.15) is 0 Å². The summed E-state index contributed by atoms with van der Waals surface area (Å²) >= 11 is 0. The Morgan fingerprint density at radius 1 is 0.565 bits per heavy atom. The van der Waals surface area contributed by atoms with E-state index in [4.69, 9.17) is 10.2 Å². The standard InChI is InChI=1S/C9H10.2C6H6O/c1-2-6-9-7-4-3-5-8-9;2*7-6-4-2-1-3-5-6/h2-8H,1H3;2*1-5,7H. The highest BCUT2D eigenvalue weighted by atomic mass is 16.3. The van der Waals surface area contributed by atoms with Crippen LogP contribution in [0.4, 0.5) is 0 Å². The Bertz CT molecular complexity index is 610. The van der Waals surface area contributed by atoms with E-state index in [0.717, 1.165) is 0 Å². The molecule has 0 saturated carbocycles. The summed E-state index contributed by atoms with van der Waals surface area (Å²) in [5.74, 6) is 0.644. The molecule has 118 valence electrons. The van der Waals surface area contributed by atoms with Crippen molar-refractivity contribution in [3.8, 4) is 11.5 Å². The Morgan fingerprint density at radius 3 is 1.17 bits per heavy atom. The van der Waals surface area contributed by atoms with Gasteiger partial charge in [0.15, 0.2) is 0 Å². The molecule has 0 amide bonds. The first-order valence-corrected chi connectivity index (χ1v) is 7.38. The normalized spacial score (nSPS) is 9.26. The number of allylic oxidation sites excluding steroid dienone is 1. The third kappa shape index (κ3) is 9.53. The smallest absolute Gasteiger partial charge is 0.115 e. The fourth-order valence-corrected chi connectivity index (χ4v) is 1.61. The van der Waals surface area contributed by atoms with Crippen LogP contribution in [0.3, 0.4) is 0 Å². The summed E-state index contributed by atoms with van der Waals surface area (Å²) in [6, 6.07) is 27.7. The van der Waals surface area contributed by atoms with E-state index in [1.165, 1.54) is 5.56 Å². The van der Waals surface area contributed by atoms with Crippen LogP contribution >= 0.6 is 0 Å². The highest BCUT2D eigenvalue weighted by Crippen LogP contribution is 2.03. The van der Waals surface area contributed by atoms with E-state index in [1.807, 2.05) is 43.3 Å². The fourth-order valence-electron chi connectivity index (χ4n) is 1.61. The van der Waals surface area contributed by atoms with E-state index in [0.29, 0.717) is 11.5 Å². The van der Waals surface area contributed by atoms with Crippen molar-refractivity contribution in [1.82, 2.24) is 0 Å². The molecular formula is C21H22O2. The lowest BCUT2D eigenvalue weighted by atomic mass is 10.2. The molecule has 2 N–H and O–H groups in total. The van der Waals surface area contributed by atoms with Crippen molar-refractivity contribution in [1.29, 1.82) is 0 Å². The topological polar surface area (TPSA) is 40.5 Å². The van der Waals surface area contributed by atoms with Gasteiger partial charge in [0.05, 0.1) is 0 Å². The van der Waals surface area contributed by atoms with Gasteiger partial charge < -0.3 is 10.2 Å². The van der Waals surface area contributed by atoms with Crippen LogP contribution in [0.15, 0.2) is 97.1 Å². The molecule has 0 aliphatic rings. The molecule has 0 radical (unpaired) electrons. The van der Waals surface area contributed by atoms with E-state index >= 15 is 0 Å². The van der Waals surface area contributed by atoms with Gasteiger partial charge in [-0.15, -0.1) is 0 Å². The van der Waals surface area contributed by atoms with Gasteiger partial charge in [0, 0.05) is 0 Å². The van der Waals surface area contributed by atoms with Crippen molar-refractivity contribution in [2.75, 3.05) is 0 Å². The minimum atomic E-state index is 0.322. The average Bonchev–Trinajstić information content (AvgIpc) is 2.59. The van der Waals surface area contributed by atoms with Crippen molar-refractivity contribution >= 4 is 6.08 Å². The maximum Gasteiger partial charge on any atom is 0.115 e. The Balaban J connectivity index is 0.000000175. The fraction of sp³-hybridized carbons (Fsp3) is 0.0476. The number of phenolic OH excluding ortho intramolecular Hbond substituents is 2. The second-order valence-electron chi connectivity index (χ2n) is 4.58. The molecule has 0 saturated heterocycles. The van der Waals surface area contributed by atoms with Crippen LogP contribution < -0.4 is 0 Å². The quantitative estimate of drug-likeness (QED) is 0.623. The van der Waals surface area contributed by atoms with E-state index < -0.39 is 0 Å². The summed E-state index contributed by atoms with van der Waals surface area (Å²) in [5, 5.41) is 17.3. The van der Waals surface area contributed by atoms with Crippen LogP contribution in [-0.2, 0) is 0 Å². The van der Waals surface area contributed by atoms with Gasteiger partial charge in [0.25, 0.3) is 0 Å². The number of rotatable bonds is 1. The summed E-state index contributed by atoms with van der Waals surface area (Å²) in [6.45, 7) is 2.02. The van der Waals surface area contributed by atoms with Crippen LogP contribution in [0.25, 0.3) is 6.08 Å². The van der Waals surface area contributed by atoms with Crippen molar-refractivity contribution in [3.63, 3.8) is 0 Å². The van der Waals surface area contributed by atoms with Crippen LogP contribution in [0, 0.1) is 0 Å². The van der Waals surface area contributed by atoms with E-state index in [1.54, 1.807) is 48.5 Å². The summed E-state index contributed by atoms with van der Waals surface area (Å²) in [7, 11) is 0. The molecule has 0 fully saturated rings. The van der Waals surface area contributed by atoms with Crippen LogP contribution in [0.2, 0.25) is 0 Å². The number of phenols is 2. The first kappa shape index (κ1) is 18.1. The van der Waals surface area contributed by atoms with Crippen LogP contribution in [0.1, 0.15) is 12.5 Å². The van der Waals surface area contributed by atoms with Gasteiger partial charge in [0.1, 0.15) is 11.5 Å². The number of benzene rings is 3. The minimum Gasteiger partial charge on any atom is -0.508 e. The predicted octanol–water partition coefficient (Wildman–Crippen LogP) is 5.50. The molecule has 3 aromatic carbocycles. The first-order chi connectivity index (χ1) is 11.2. The third-order valence-electron chi connectivity index (χ3n) is 2.67. The number of aromatic hydroxyl groups is 2. The Morgan fingerprint density at radius 2 is 0.913 bits per heavy atom. The van der Waals surface area contributed by atoms with Gasteiger partial charge in [0.2, 0.25) is 0 Å². The zero-order chi connectivity index (χ0) is 16.8. The van der Waals surface area contributed by atoms with Crippen molar-refractivity contribution in [3.05, 3.63) is 103 Å². The monoisotopic (exact) mass is 306 g/mol. The van der Waals surface area contributed by atoms with Gasteiger partial charge in [-0.05, 0) is 36.8 Å². The molecular weight excluding hydrogens is 284 g/mol. The lowest BCUT2D eigenvalue weighted by Gasteiger charge is -1.86. The van der Waals surface area contributed by atoms with E-state index in [2.05, 4.69) is 18.2 Å². The van der Waals surface area contributed by atoms with Gasteiger partial charge >= 0.3 is 0 Å². The molecule has 0 bridgehead atoms. The molecule has 0 atom stereocenters. The highest BCUT2D eigenvalue weighted by Gasteiger charge is 1.77. The highest BCUT2D eigenvalue weighted by molar-refractivity contribution is 5.47. The van der Waals surface area contributed by atoms with E-state index in [-0.39, 0.29) is 0 Å². The molecule has 0 heterocycles. The van der Waals surface area contributed by atoms with Crippen molar-refractivity contribution < 1.29 is 10.2 Å². The molecule has 0 spiro atoms. The molecule has 2 heteroatoms. The average molecular weight is 306 g/mol. The number of hydrogen-bond acceptors (Lipinski definition) is 2. The summed E-state index contributed by atoms with van der Waals surface area (Å²) in [5.41, 5.74) is 1.26. The lowest BCUT2D eigenvalue weighted by molar-refractivity contribution is 0.475. The molecule has 0 aliphatic carbocycles. The molecule has 3 aromatic rings. The zero-order valence-electron chi connectivity index (χ0n) is 13.2. The molecule has 0 unspecified atom stereocenters. The second-order valence-corrected chi connectivity index (χ2v) is 4.58. The Kier molecular flexibility index (Phi) is 9.13. The molecule has 0 aliphatic heterocycles. The summed E-state index contributed by atoms with van der Waals surface area (Å²) in [4.78, 5) is 0. The molecule has 23 heavy (non-hydrogen) atoms. The van der Waals surface area contributed by atoms with Crippen LogP contribution in [-0.4, -0.2) is 10.2 Å². The SMILES string of the molecule is CC=Cc1ccccc1.Oc1ccccc1.Oc1ccccc1. The van der Waals surface area contributed by atoms with Gasteiger partial charge in [-0.3, -0.25) is 0 Å². The van der Waals surface area contributed by atoms with Crippen molar-refractivity contribution in [2.45, 2.75) is 6.92 Å². The molecule has 2 nitrogen and oxygen atoms in total. The first-order valence-electron chi connectivity index (χ1n) is 7.38. The largest absolute Gasteiger partial charge is 0.508 e. The van der Waals surface area contributed by atoms with Gasteiger partial charge in [-0.1, -0.05) is 78.9 Å². The predicted molar refractivity (Wildman–Crippen MR) is 97.4 cm³/mol. The lowest BCUT2D eigenvalue weighted by Crippen LogP contribution is -1.65. The Hall–Kier alpha value is -3.00. The number of para-hydroxylation sites is 2. The molecule has 3 rings (SSSR count).